The molecule has 96 valence electrons. The molecule has 0 spiro atoms. The Kier molecular flexibility index (Phi) is 3.93. The Hall–Kier alpha value is -1.36. The fourth-order valence-corrected chi connectivity index (χ4v) is 1.67. The summed E-state index contributed by atoms with van der Waals surface area (Å²) < 4.78 is 4.98. The van der Waals surface area contributed by atoms with Crippen molar-refractivity contribution in [3.05, 3.63) is 17.0 Å². The lowest BCUT2D eigenvalue weighted by atomic mass is 9.86. The van der Waals surface area contributed by atoms with Crippen molar-refractivity contribution in [3.63, 3.8) is 0 Å². The minimum absolute atomic E-state index is 0.0799. The van der Waals surface area contributed by atoms with Crippen molar-refractivity contribution >= 4 is 5.91 Å². The minimum atomic E-state index is -0.174. The second kappa shape index (κ2) is 4.87. The first-order valence-electron chi connectivity index (χ1n) is 5.71. The van der Waals surface area contributed by atoms with E-state index in [1.807, 2.05) is 20.8 Å². The second-order valence-corrected chi connectivity index (χ2v) is 5.33. The number of carbonyl (C=O) groups is 1. The number of aromatic nitrogens is 1. The molecule has 1 amide bonds. The van der Waals surface area contributed by atoms with Gasteiger partial charge in [-0.15, -0.1) is 0 Å². The summed E-state index contributed by atoms with van der Waals surface area (Å²) in [5, 5.41) is 6.69. The van der Waals surface area contributed by atoms with Gasteiger partial charge in [0.1, 0.15) is 11.3 Å². The molecule has 1 atom stereocenters. The van der Waals surface area contributed by atoms with Gasteiger partial charge in [-0.2, -0.15) is 0 Å². The predicted octanol–water partition coefficient (Wildman–Crippen LogP) is 1.39. The molecular formula is C12H21N3O2. The van der Waals surface area contributed by atoms with Crippen molar-refractivity contribution in [1.82, 2.24) is 10.5 Å². The van der Waals surface area contributed by atoms with Gasteiger partial charge in [-0.1, -0.05) is 25.9 Å². The third-order valence-corrected chi connectivity index (χ3v) is 2.85. The lowest BCUT2D eigenvalue weighted by Crippen LogP contribution is -2.48. The Morgan fingerprint density at radius 1 is 1.47 bits per heavy atom. The van der Waals surface area contributed by atoms with Crippen molar-refractivity contribution in [2.75, 3.05) is 6.54 Å². The molecule has 0 aliphatic rings. The Morgan fingerprint density at radius 2 is 2.06 bits per heavy atom. The molecular weight excluding hydrogens is 218 g/mol. The molecule has 0 saturated carbocycles. The van der Waals surface area contributed by atoms with Crippen LogP contribution in [0, 0.1) is 19.3 Å². The highest BCUT2D eigenvalue weighted by Gasteiger charge is 2.27. The van der Waals surface area contributed by atoms with Gasteiger partial charge < -0.3 is 15.6 Å². The van der Waals surface area contributed by atoms with Gasteiger partial charge in [-0.25, -0.2) is 0 Å². The van der Waals surface area contributed by atoms with E-state index in [0.717, 1.165) is 0 Å². The molecule has 0 aliphatic carbocycles. The van der Waals surface area contributed by atoms with Crippen LogP contribution in [-0.2, 0) is 0 Å². The molecule has 0 bridgehead atoms. The Bertz CT molecular complexity index is 385. The van der Waals surface area contributed by atoms with Gasteiger partial charge >= 0.3 is 0 Å². The zero-order valence-corrected chi connectivity index (χ0v) is 11.1. The summed E-state index contributed by atoms with van der Waals surface area (Å²) in [6.07, 6.45) is 0. The van der Waals surface area contributed by atoms with Crippen molar-refractivity contribution < 1.29 is 9.32 Å². The van der Waals surface area contributed by atoms with Crippen LogP contribution in [0.4, 0.5) is 0 Å². The quantitative estimate of drug-likeness (QED) is 0.835. The van der Waals surface area contributed by atoms with Crippen LogP contribution in [0.3, 0.4) is 0 Å². The van der Waals surface area contributed by atoms with Gasteiger partial charge in [-0.05, 0) is 19.3 Å². The first-order chi connectivity index (χ1) is 7.77. The highest BCUT2D eigenvalue weighted by atomic mass is 16.5. The van der Waals surface area contributed by atoms with E-state index in [9.17, 15) is 4.79 Å². The molecule has 1 unspecified atom stereocenters. The van der Waals surface area contributed by atoms with E-state index in [-0.39, 0.29) is 17.4 Å². The Morgan fingerprint density at radius 3 is 2.41 bits per heavy atom. The summed E-state index contributed by atoms with van der Waals surface area (Å²) in [5.74, 6) is 0.358. The van der Waals surface area contributed by atoms with Crippen molar-refractivity contribution in [2.24, 2.45) is 11.1 Å². The Balaban J connectivity index is 2.86. The highest BCUT2D eigenvalue weighted by Crippen LogP contribution is 2.20. The van der Waals surface area contributed by atoms with E-state index < -0.39 is 0 Å². The number of rotatable bonds is 3. The zero-order chi connectivity index (χ0) is 13.2. The van der Waals surface area contributed by atoms with Crippen LogP contribution >= 0.6 is 0 Å². The largest absolute Gasteiger partial charge is 0.361 e. The van der Waals surface area contributed by atoms with Crippen LogP contribution in [0.25, 0.3) is 0 Å². The average Bonchev–Trinajstić information content (AvgIpc) is 2.53. The molecule has 1 rings (SSSR count). The fourth-order valence-electron chi connectivity index (χ4n) is 1.67. The molecule has 1 aromatic rings. The number of hydrogen-bond acceptors (Lipinski definition) is 4. The van der Waals surface area contributed by atoms with E-state index >= 15 is 0 Å². The maximum absolute atomic E-state index is 12.1. The van der Waals surface area contributed by atoms with Crippen LogP contribution in [0.15, 0.2) is 4.52 Å². The molecule has 0 radical (unpaired) electrons. The number of amides is 1. The van der Waals surface area contributed by atoms with Gasteiger partial charge in [0.05, 0.1) is 5.69 Å². The molecule has 1 heterocycles. The summed E-state index contributed by atoms with van der Waals surface area (Å²) in [5.41, 5.74) is 6.71. The predicted molar refractivity (Wildman–Crippen MR) is 65.7 cm³/mol. The zero-order valence-electron chi connectivity index (χ0n) is 11.1. The van der Waals surface area contributed by atoms with Crippen LogP contribution in [0.5, 0.6) is 0 Å². The third kappa shape index (κ3) is 3.06. The smallest absolute Gasteiger partial charge is 0.257 e. The molecule has 0 aromatic carbocycles. The van der Waals surface area contributed by atoms with E-state index in [1.165, 1.54) is 0 Å². The number of hydrogen-bond donors (Lipinski definition) is 2. The standard InChI is InChI=1S/C12H21N3O2/c1-7-10(8(2)17-15-7)11(16)14-9(6-13)12(3,4)5/h9H,6,13H2,1-5H3,(H,14,16). The summed E-state index contributed by atoms with van der Waals surface area (Å²) in [6, 6.07) is -0.0799. The maximum Gasteiger partial charge on any atom is 0.257 e. The maximum atomic E-state index is 12.1. The number of nitrogens with zero attached hydrogens (tertiary/aromatic N) is 1. The third-order valence-electron chi connectivity index (χ3n) is 2.85. The lowest BCUT2D eigenvalue weighted by molar-refractivity contribution is 0.0903. The SMILES string of the molecule is Cc1noc(C)c1C(=O)NC(CN)C(C)(C)C. The highest BCUT2D eigenvalue weighted by molar-refractivity contribution is 5.96. The van der Waals surface area contributed by atoms with Crippen LogP contribution in [-0.4, -0.2) is 23.7 Å². The van der Waals surface area contributed by atoms with Crippen LogP contribution in [0.2, 0.25) is 0 Å². The molecule has 1 aromatic heterocycles. The van der Waals surface area contributed by atoms with E-state index in [0.29, 0.717) is 23.6 Å². The molecule has 3 N–H and O–H groups in total. The van der Waals surface area contributed by atoms with Crippen LogP contribution in [0.1, 0.15) is 42.6 Å². The summed E-state index contributed by atoms with van der Waals surface area (Å²) in [7, 11) is 0. The minimum Gasteiger partial charge on any atom is -0.361 e. The lowest BCUT2D eigenvalue weighted by Gasteiger charge is -2.30. The fraction of sp³-hybridized carbons (Fsp3) is 0.667. The number of nitrogens with two attached hydrogens (primary N) is 1. The molecule has 0 aliphatic heterocycles. The van der Waals surface area contributed by atoms with Gasteiger partial charge in [0.2, 0.25) is 0 Å². The molecule has 5 nitrogen and oxygen atoms in total. The summed E-state index contributed by atoms with van der Waals surface area (Å²) in [4.78, 5) is 12.1. The number of carbonyl (C=O) groups excluding carboxylic acids is 1. The van der Waals surface area contributed by atoms with Gasteiger partial charge in [-0.3, -0.25) is 4.79 Å². The van der Waals surface area contributed by atoms with Gasteiger partial charge in [0.15, 0.2) is 0 Å². The van der Waals surface area contributed by atoms with Gasteiger partial charge in [0, 0.05) is 12.6 Å². The summed E-state index contributed by atoms with van der Waals surface area (Å²) >= 11 is 0. The van der Waals surface area contributed by atoms with E-state index in [2.05, 4.69) is 10.5 Å². The first-order valence-corrected chi connectivity index (χ1v) is 5.71. The molecule has 17 heavy (non-hydrogen) atoms. The number of nitrogens with one attached hydrogen (secondary N) is 1. The summed E-state index contributed by atoms with van der Waals surface area (Å²) in [6.45, 7) is 10.00. The van der Waals surface area contributed by atoms with E-state index in [4.69, 9.17) is 10.3 Å². The average molecular weight is 239 g/mol. The second-order valence-electron chi connectivity index (χ2n) is 5.33. The van der Waals surface area contributed by atoms with Crippen molar-refractivity contribution in [2.45, 2.75) is 40.7 Å². The number of aryl methyl sites for hydroxylation is 2. The first kappa shape index (κ1) is 13.7. The molecule has 0 saturated heterocycles. The topological polar surface area (TPSA) is 81.2 Å². The normalized spacial score (nSPS) is 13.5. The van der Waals surface area contributed by atoms with Crippen molar-refractivity contribution in [1.29, 1.82) is 0 Å². The molecule has 5 heteroatoms. The monoisotopic (exact) mass is 239 g/mol. The van der Waals surface area contributed by atoms with Crippen LogP contribution < -0.4 is 11.1 Å². The Labute approximate surface area is 102 Å². The van der Waals surface area contributed by atoms with E-state index in [1.54, 1.807) is 13.8 Å². The van der Waals surface area contributed by atoms with Gasteiger partial charge in [0.25, 0.3) is 5.91 Å². The molecule has 0 fully saturated rings. The van der Waals surface area contributed by atoms with Crippen molar-refractivity contribution in [3.8, 4) is 0 Å².